The van der Waals surface area contributed by atoms with Crippen molar-refractivity contribution < 1.29 is 19.4 Å². The molecule has 0 aliphatic carbocycles. The Morgan fingerprint density at radius 3 is 2.43 bits per heavy atom. The quantitative estimate of drug-likeness (QED) is 0.109. The van der Waals surface area contributed by atoms with Gasteiger partial charge in [0.25, 0.3) is 0 Å². The summed E-state index contributed by atoms with van der Waals surface area (Å²) in [5.74, 6) is 0.0475. The van der Waals surface area contributed by atoms with Gasteiger partial charge in [0.2, 0.25) is 0 Å². The van der Waals surface area contributed by atoms with Crippen LogP contribution in [-0.4, -0.2) is 24.0 Å². The summed E-state index contributed by atoms with van der Waals surface area (Å²) in [5.41, 5.74) is 1.27. The maximum Gasteiger partial charge on any atom is 0.335 e. The van der Waals surface area contributed by atoms with Crippen LogP contribution in [0, 0.1) is 0 Å². The summed E-state index contributed by atoms with van der Waals surface area (Å²) in [6.45, 7) is 7.41. The molecule has 3 aromatic rings. The number of ether oxygens (including phenoxy) is 2. The van der Waals surface area contributed by atoms with Crippen LogP contribution >= 0.6 is 0 Å². The zero-order valence-corrected chi connectivity index (χ0v) is 15.8. The summed E-state index contributed by atoms with van der Waals surface area (Å²) in [5, 5.41) is 13.8. The number of aryl methyl sites for hydroxylation is 1. The van der Waals surface area contributed by atoms with Gasteiger partial charge in [0.05, 0.1) is 6.61 Å². The maximum atomic E-state index is 11.4. The minimum atomic E-state index is -0.880. The maximum absolute atomic E-state index is 11.4. The van der Waals surface area contributed by atoms with Crippen LogP contribution in [0.1, 0.15) is 18.4 Å². The van der Waals surface area contributed by atoms with Crippen LogP contribution in [0.15, 0.2) is 73.8 Å². The minimum absolute atomic E-state index is 0.464. The molecule has 1 atom stereocenters. The number of carbonyl (C=O) groups is 1. The van der Waals surface area contributed by atoms with Crippen molar-refractivity contribution in [3.63, 3.8) is 0 Å². The summed E-state index contributed by atoms with van der Waals surface area (Å²) < 4.78 is 10.4. The molecule has 4 nitrogen and oxygen atoms in total. The average molecular weight is 376 g/mol. The first-order chi connectivity index (χ1) is 13.6. The molecule has 0 bridgehead atoms. The van der Waals surface area contributed by atoms with Crippen LogP contribution in [-0.2, 0) is 16.0 Å². The van der Waals surface area contributed by atoms with Crippen molar-refractivity contribution in [2.45, 2.75) is 25.6 Å². The molecule has 0 amide bonds. The van der Waals surface area contributed by atoms with Gasteiger partial charge in [-0.3, -0.25) is 0 Å². The molecule has 0 aliphatic heterocycles. The van der Waals surface area contributed by atoms with E-state index in [0.717, 1.165) is 36.1 Å². The standard InChI is InChI=1S/C24H24O4/c1-3-23(25)27-14-6-5-7-17-8-12-21-18(15-17)9-10-19-16-20(11-13-22(19)21)28-24(26)4-2/h3-4,8-13,15-16,23,25H,1-2,5-7,14H2. The summed E-state index contributed by atoms with van der Waals surface area (Å²) in [7, 11) is 0. The third kappa shape index (κ3) is 4.85. The fourth-order valence-electron chi connectivity index (χ4n) is 3.18. The number of rotatable bonds is 9. The minimum Gasteiger partial charge on any atom is -0.423 e. The van der Waals surface area contributed by atoms with E-state index in [1.54, 1.807) is 6.07 Å². The van der Waals surface area contributed by atoms with Gasteiger partial charge >= 0.3 is 5.97 Å². The van der Waals surface area contributed by atoms with E-state index in [9.17, 15) is 9.90 Å². The number of esters is 1. The van der Waals surface area contributed by atoms with E-state index in [-0.39, 0.29) is 0 Å². The second kappa shape index (κ2) is 9.31. The van der Waals surface area contributed by atoms with E-state index in [4.69, 9.17) is 9.47 Å². The van der Waals surface area contributed by atoms with Crippen molar-refractivity contribution >= 4 is 27.5 Å². The van der Waals surface area contributed by atoms with E-state index < -0.39 is 12.3 Å². The molecule has 0 saturated carbocycles. The number of benzene rings is 3. The highest BCUT2D eigenvalue weighted by Gasteiger charge is 2.06. The van der Waals surface area contributed by atoms with Crippen molar-refractivity contribution in [3.8, 4) is 5.75 Å². The van der Waals surface area contributed by atoms with Gasteiger partial charge in [-0.25, -0.2) is 4.79 Å². The molecule has 0 aromatic heterocycles. The first-order valence-electron chi connectivity index (χ1n) is 9.32. The lowest BCUT2D eigenvalue weighted by molar-refractivity contribution is -0.128. The van der Waals surface area contributed by atoms with Crippen molar-refractivity contribution in [2.75, 3.05) is 6.61 Å². The zero-order chi connectivity index (χ0) is 19.9. The lowest BCUT2D eigenvalue weighted by Crippen LogP contribution is -2.08. The molecule has 0 fully saturated rings. The van der Waals surface area contributed by atoms with Crippen molar-refractivity contribution in [2.24, 2.45) is 0 Å². The van der Waals surface area contributed by atoms with Crippen molar-refractivity contribution in [1.29, 1.82) is 0 Å². The Bertz CT molecular complexity index is 1010. The van der Waals surface area contributed by atoms with Gasteiger partial charge in [0.15, 0.2) is 6.29 Å². The first kappa shape index (κ1) is 19.8. The second-order valence-electron chi connectivity index (χ2n) is 6.58. The number of hydrogen-bond acceptors (Lipinski definition) is 4. The molecule has 3 aromatic carbocycles. The van der Waals surface area contributed by atoms with Gasteiger partial charge in [-0.1, -0.05) is 49.6 Å². The van der Waals surface area contributed by atoms with Crippen LogP contribution < -0.4 is 4.74 Å². The molecule has 0 radical (unpaired) electrons. The van der Waals surface area contributed by atoms with E-state index in [2.05, 4.69) is 37.4 Å². The van der Waals surface area contributed by atoms with Gasteiger partial charge in [-0.15, -0.1) is 0 Å². The first-order valence-corrected chi connectivity index (χ1v) is 9.32. The summed E-state index contributed by atoms with van der Waals surface area (Å²) in [6.07, 6.45) is 4.47. The van der Waals surface area contributed by atoms with Crippen LogP contribution in [0.25, 0.3) is 21.5 Å². The molecule has 0 heterocycles. The lowest BCUT2D eigenvalue weighted by atomic mass is 9.98. The van der Waals surface area contributed by atoms with E-state index in [1.807, 2.05) is 18.2 Å². The Labute approximate surface area is 164 Å². The number of aliphatic hydroxyl groups is 1. The van der Waals surface area contributed by atoms with E-state index >= 15 is 0 Å². The number of aliphatic hydroxyl groups excluding tert-OH is 1. The summed E-state index contributed by atoms with van der Waals surface area (Å²) in [6, 6.07) is 16.3. The van der Waals surface area contributed by atoms with Crippen LogP contribution in [0.4, 0.5) is 0 Å². The van der Waals surface area contributed by atoms with Crippen LogP contribution in [0.5, 0.6) is 5.75 Å². The number of fused-ring (bicyclic) bond motifs is 3. The van der Waals surface area contributed by atoms with Crippen molar-refractivity contribution in [3.05, 3.63) is 79.4 Å². The van der Waals surface area contributed by atoms with Gasteiger partial charge in [0.1, 0.15) is 5.75 Å². The van der Waals surface area contributed by atoms with Crippen LogP contribution in [0.2, 0.25) is 0 Å². The normalized spacial score (nSPS) is 12.0. The molecule has 0 aliphatic rings. The predicted molar refractivity (Wildman–Crippen MR) is 112 cm³/mol. The fourth-order valence-corrected chi connectivity index (χ4v) is 3.18. The van der Waals surface area contributed by atoms with E-state index in [0.29, 0.717) is 12.4 Å². The fraction of sp³-hybridized carbons (Fsp3) is 0.208. The average Bonchev–Trinajstić information content (AvgIpc) is 2.72. The highest BCUT2D eigenvalue weighted by Crippen LogP contribution is 2.29. The summed E-state index contributed by atoms with van der Waals surface area (Å²) >= 11 is 0. The molecule has 144 valence electrons. The second-order valence-corrected chi connectivity index (χ2v) is 6.58. The predicted octanol–water partition coefficient (Wildman–Crippen LogP) is 4.93. The van der Waals surface area contributed by atoms with E-state index in [1.165, 1.54) is 22.4 Å². The molecule has 1 N–H and O–H groups in total. The Morgan fingerprint density at radius 2 is 1.71 bits per heavy atom. The van der Waals surface area contributed by atoms with Crippen LogP contribution in [0.3, 0.4) is 0 Å². The molecular formula is C24H24O4. The zero-order valence-electron chi connectivity index (χ0n) is 15.8. The molecule has 3 rings (SSSR count). The molecule has 0 saturated heterocycles. The monoisotopic (exact) mass is 376 g/mol. The third-order valence-electron chi connectivity index (χ3n) is 4.61. The smallest absolute Gasteiger partial charge is 0.335 e. The number of unbranched alkanes of at least 4 members (excludes halogenated alkanes) is 1. The largest absolute Gasteiger partial charge is 0.423 e. The molecular weight excluding hydrogens is 352 g/mol. The Balaban J connectivity index is 1.71. The van der Waals surface area contributed by atoms with Gasteiger partial charge in [0, 0.05) is 6.08 Å². The Morgan fingerprint density at radius 1 is 1.00 bits per heavy atom. The SMILES string of the molecule is C=CC(=O)Oc1ccc2c(ccc3cc(CCCCOC(O)C=C)ccc32)c1. The lowest BCUT2D eigenvalue weighted by Gasteiger charge is -2.09. The topological polar surface area (TPSA) is 55.8 Å². The van der Waals surface area contributed by atoms with Gasteiger partial charge < -0.3 is 14.6 Å². The highest BCUT2D eigenvalue weighted by molar-refractivity contribution is 6.08. The highest BCUT2D eigenvalue weighted by atomic mass is 16.6. The number of carbonyl (C=O) groups excluding carboxylic acids is 1. The van der Waals surface area contributed by atoms with Crippen molar-refractivity contribution in [1.82, 2.24) is 0 Å². The molecule has 4 heteroatoms. The summed E-state index contributed by atoms with van der Waals surface area (Å²) in [4.78, 5) is 11.4. The van der Waals surface area contributed by atoms with Gasteiger partial charge in [-0.05, 0) is 64.6 Å². The third-order valence-corrected chi connectivity index (χ3v) is 4.61. The molecule has 28 heavy (non-hydrogen) atoms. The van der Waals surface area contributed by atoms with Gasteiger partial charge in [-0.2, -0.15) is 0 Å². The molecule has 0 spiro atoms. The molecule has 1 unspecified atom stereocenters. The Kier molecular flexibility index (Phi) is 6.58. The number of hydrogen-bond donors (Lipinski definition) is 1. The Hall–Kier alpha value is -2.95.